The molecule has 1 aromatic carbocycles. The zero-order chi connectivity index (χ0) is 12.3. The molecular weight excluding hydrogens is 214 g/mol. The van der Waals surface area contributed by atoms with E-state index in [1.807, 2.05) is 24.3 Å². The van der Waals surface area contributed by atoms with Gasteiger partial charge in [-0.1, -0.05) is 31.2 Å². The Morgan fingerprint density at radius 3 is 2.29 bits per heavy atom. The number of hydrogen-bond acceptors (Lipinski definition) is 2. The highest BCUT2D eigenvalue weighted by Crippen LogP contribution is 2.12. The van der Waals surface area contributed by atoms with Crippen LogP contribution in [0, 0.1) is 0 Å². The maximum atomic E-state index is 11.8. The Morgan fingerprint density at radius 2 is 1.76 bits per heavy atom. The summed E-state index contributed by atoms with van der Waals surface area (Å²) in [6, 6.07) is 7.64. The first-order valence-electron chi connectivity index (χ1n) is 6.10. The Labute approximate surface area is 101 Å². The van der Waals surface area contributed by atoms with Crippen molar-refractivity contribution in [2.45, 2.75) is 26.2 Å². The number of carbonyl (C=O) groups is 2. The second-order valence-electron chi connectivity index (χ2n) is 4.35. The third-order valence-electron chi connectivity index (χ3n) is 3.05. The van der Waals surface area contributed by atoms with Crippen molar-refractivity contribution in [1.29, 1.82) is 0 Å². The van der Waals surface area contributed by atoms with Crippen LogP contribution in [0.4, 0.5) is 0 Å². The maximum absolute atomic E-state index is 11.8. The second-order valence-corrected chi connectivity index (χ2v) is 4.35. The van der Waals surface area contributed by atoms with Gasteiger partial charge in [0.2, 0.25) is 5.91 Å². The first kappa shape index (κ1) is 11.8. The van der Waals surface area contributed by atoms with Crippen molar-refractivity contribution in [3.63, 3.8) is 0 Å². The number of amides is 1. The summed E-state index contributed by atoms with van der Waals surface area (Å²) in [7, 11) is 0. The molecule has 2 rings (SSSR count). The van der Waals surface area contributed by atoms with Gasteiger partial charge in [0.1, 0.15) is 0 Å². The first-order valence-corrected chi connectivity index (χ1v) is 6.10. The third-order valence-corrected chi connectivity index (χ3v) is 3.05. The average Bonchev–Trinajstić information content (AvgIpc) is 3.20. The van der Waals surface area contributed by atoms with Gasteiger partial charge in [0.25, 0.3) is 0 Å². The van der Waals surface area contributed by atoms with Crippen LogP contribution in [0.1, 0.15) is 35.7 Å². The minimum Gasteiger partial charge on any atom is -0.339 e. The number of carbonyl (C=O) groups excluding carboxylic acids is 2. The largest absolute Gasteiger partial charge is 0.339 e. The molecule has 1 aliphatic heterocycles. The summed E-state index contributed by atoms with van der Waals surface area (Å²) in [6.45, 7) is 3.80. The highest BCUT2D eigenvalue weighted by Gasteiger charge is 2.23. The molecule has 0 N–H and O–H groups in total. The van der Waals surface area contributed by atoms with E-state index in [1.165, 1.54) is 5.56 Å². The fraction of sp³-hybridized carbons (Fsp3) is 0.429. The van der Waals surface area contributed by atoms with E-state index in [2.05, 4.69) is 6.92 Å². The SMILES string of the molecule is CCc1ccc(C(=O)CCC(=O)N2CC2)cc1. The molecule has 90 valence electrons. The molecule has 0 saturated carbocycles. The fourth-order valence-electron chi connectivity index (χ4n) is 1.75. The molecule has 0 atom stereocenters. The summed E-state index contributed by atoms with van der Waals surface area (Å²) in [5.74, 6) is 0.159. The highest BCUT2D eigenvalue weighted by atomic mass is 16.2. The van der Waals surface area contributed by atoms with Crippen LogP contribution in [-0.2, 0) is 11.2 Å². The van der Waals surface area contributed by atoms with E-state index in [0.29, 0.717) is 18.4 Å². The van der Waals surface area contributed by atoms with Crippen LogP contribution >= 0.6 is 0 Å². The predicted molar refractivity (Wildman–Crippen MR) is 66.0 cm³/mol. The minimum atomic E-state index is 0.0582. The molecule has 1 heterocycles. The molecule has 0 aliphatic carbocycles. The predicted octanol–water partition coefficient (Wildman–Crippen LogP) is 2.05. The van der Waals surface area contributed by atoms with E-state index in [4.69, 9.17) is 0 Å². The van der Waals surface area contributed by atoms with Crippen molar-refractivity contribution in [3.05, 3.63) is 35.4 Å². The van der Waals surface area contributed by atoms with E-state index in [0.717, 1.165) is 19.5 Å². The highest BCUT2D eigenvalue weighted by molar-refractivity contribution is 5.98. The smallest absolute Gasteiger partial charge is 0.223 e. The first-order chi connectivity index (χ1) is 8.20. The Morgan fingerprint density at radius 1 is 1.12 bits per heavy atom. The van der Waals surface area contributed by atoms with Crippen molar-refractivity contribution >= 4 is 11.7 Å². The van der Waals surface area contributed by atoms with Crippen molar-refractivity contribution in [2.24, 2.45) is 0 Å². The van der Waals surface area contributed by atoms with Crippen LogP contribution in [0.25, 0.3) is 0 Å². The number of aryl methyl sites for hydroxylation is 1. The number of Topliss-reactive ketones (excluding diaryl/α,β-unsaturated/α-hetero) is 1. The van der Waals surface area contributed by atoms with Gasteiger partial charge in [0, 0.05) is 31.5 Å². The van der Waals surface area contributed by atoms with Crippen LogP contribution in [0.3, 0.4) is 0 Å². The molecule has 0 unspecified atom stereocenters. The molecule has 1 saturated heterocycles. The monoisotopic (exact) mass is 231 g/mol. The molecule has 1 amide bonds. The Kier molecular flexibility index (Phi) is 3.57. The lowest BCUT2D eigenvalue weighted by Crippen LogP contribution is -2.12. The van der Waals surface area contributed by atoms with Crippen LogP contribution in [0.2, 0.25) is 0 Å². The molecule has 1 aliphatic rings. The average molecular weight is 231 g/mol. The fourth-order valence-corrected chi connectivity index (χ4v) is 1.75. The Balaban J connectivity index is 1.87. The topological polar surface area (TPSA) is 37.1 Å². The number of hydrogen-bond donors (Lipinski definition) is 0. The molecule has 3 heteroatoms. The quantitative estimate of drug-likeness (QED) is 0.574. The van der Waals surface area contributed by atoms with Crippen LogP contribution in [0.15, 0.2) is 24.3 Å². The molecule has 1 aromatic rings. The van der Waals surface area contributed by atoms with Crippen molar-refractivity contribution < 1.29 is 9.59 Å². The summed E-state index contributed by atoms with van der Waals surface area (Å²) >= 11 is 0. The lowest BCUT2D eigenvalue weighted by Gasteiger charge is -2.03. The molecule has 3 nitrogen and oxygen atoms in total. The van der Waals surface area contributed by atoms with Gasteiger partial charge in [-0.2, -0.15) is 0 Å². The van der Waals surface area contributed by atoms with Crippen LogP contribution < -0.4 is 0 Å². The summed E-state index contributed by atoms with van der Waals surface area (Å²) in [5.41, 5.74) is 1.93. The van der Waals surface area contributed by atoms with Gasteiger partial charge in [-0.3, -0.25) is 9.59 Å². The van der Waals surface area contributed by atoms with Gasteiger partial charge in [-0.15, -0.1) is 0 Å². The molecule has 17 heavy (non-hydrogen) atoms. The second kappa shape index (κ2) is 5.13. The van der Waals surface area contributed by atoms with Gasteiger partial charge in [-0.05, 0) is 12.0 Å². The maximum Gasteiger partial charge on any atom is 0.223 e. The van der Waals surface area contributed by atoms with Crippen LogP contribution in [0.5, 0.6) is 0 Å². The molecular formula is C14H17NO2. The number of ketones is 1. The molecule has 0 bridgehead atoms. The van der Waals surface area contributed by atoms with Gasteiger partial charge in [-0.25, -0.2) is 0 Å². The lowest BCUT2D eigenvalue weighted by molar-refractivity contribution is -0.125. The number of rotatable bonds is 5. The van der Waals surface area contributed by atoms with Gasteiger partial charge in [0.15, 0.2) is 5.78 Å². The van der Waals surface area contributed by atoms with Crippen molar-refractivity contribution in [3.8, 4) is 0 Å². The molecule has 0 radical (unpaired) electrons. The number of nitrogens with zero attached hydrogens (tertiary/aromatic N) is 1. The van der Waals surface area contributed by atoms with Crippen molar-refractivity contribution in [2.75, 3.05) is 13.1 Å². The summed E-state index contributed by atoms with van der Waals surface area (Å²) in [4.78, 5) is 25.0. The molecule has 0 spiro atoms. The van der Waals surface area contributed by atoms with E-state index in [-0.39, 0.29) is 11.7 Å². The summed E-state index contributed by atoms with van der Waals surface area (Å²) in [5, 5.41) is 0. The van der Waals surface area contributed by atoms with E-state index in [1.54, 1.807) is 4.90 Å². The Bertz CT molecular complexity index is 418. The van der Waals surface area contributed by atoms with Crippen molar-refractivity contribution in [1.82, 2.24) is 4.90 Å². The third kappa shape index (κ3) is 3.16. The summed E-state index contributed by atoms with van der Waals surface area (Å²) in [6.07, 6.45) is 1.64. The van der Waals surface area contributed by atoms with Crippen LogP contribution in [-0.4, -0.2) is 29.7 Å². The zero-order valence-corrected chi connectivity index (χ0v) is 10.1. The van der Waals surface area contributed by atoms with Gasteiger partial charge < -0.3 is 4.90 Å². The van der Waals surface area contributed by atoms with E-state index < -0.39 is 0 Å². The normalized spacial score (nSPS) is 13.6. The Hall–Kier alpha value is -1.64. The summed E-state index contributed by atoms with van der Waals surface area (Å²) < 4.78 is 0. The standard InChI is InChI=1S/C14H17NO2/c1-2-11-3-5-12(6-4-11)13(16)7-8-14(17)15-9-10-15/h3-6H,2,7-10H2,1H3. The number of benzene rings is 1. The molecule has 0 aromatic heterocycles. The van der Waals surface area contributed by atoms with E-state index in [9.17, 15) is 9.59 Å². The lowest BCUT2D eigenvalue weighted by atomic mass is 10.0. The van der Waals surface area contributed by atoms with Gasteiger partial charge in [0.05, 0.1) is 0 Å². The minimum absolute atomic E-state index is 0.0582. The van der Waals surface area contributed by atoms with Gasteiger partial charge >= 0.3 is 0 Å². The zero-order valence-electron chi connectivity index (χ0n) is 10.1. The van der Waals surface area contributed by atoms with E-state index >= 15 is 0 Å². The molecule has 1 fully saturated rings.